The molecule has 1 amide bonds. The zero-order valence-corrected chi connectivity index (χ0v) is 12.8. The summed E-state index contributed by atoms with van der Waals surface area (Å²) in [6.45, 7) is 2.65. The number of rotatable bonds is 6. The monoisotopic (exact) mass is 292 g/mol. The van der Waals surface area contributed by atoms with Gasteiger partial charge in [0.1, 0.15) is 12.4 Å². The Hall–Kier alpha value is -1.59. The third kappa shape index (κ3) is 4.72. The van der Waals surface area contributed by atoms with Crippen LogP contribution in [0.4, 0.5) is 0 Å². The average molecular weight is 292 g/mol. The molecule has 0 radical (unpaired) electrons. The first-order valence-electron chi connectivity index (χ1n) is 7.36. The Morgan fingerprint density at radius 3 is 2.48 bits per heavy atom. The van der Waals surface area contributed by atoms with Gasteiger partial charge in [-0.1, -0.05) is 12.1 Å². The van der Waals surface area contributed by atoms with Gasteiger partial charge in [0.2, 0.25) is 5.91 Å². The van der Waals surface area contributed by atoms with Crippen molar-refractivity contribution in [1.82, 2.24) is 10.2 Å². The fraction of sp³-hybridized carbons (Fsp3) is 0.562. The van der Waals surface area contributed by atoms with Crippen LogP contribution in [-0.4, -0.2) is 50.8 Å². The highest BCUT2D eigenvalue weighted by Gasteiger charge is 2.22. The Balaban J connectivity index is 1.72. The van der Waals surface area contributed by atoms with Crippen molar-refractivity contribution < 1.29 is 14.3 Å². The van der Waals surface area contributed by atoms with Crippen molar-refractivity contribution in [2.45, 2.75) is 25.4 Å². The van der Waals surface area contributed by atoms with Gasteiger partial charge in [-0.15, -0.1) is 0 Å². The molecule has 0 aromatic heterocycles. The van der Waals surface area contributed by atoms with Gasteiger partial charge in [-0.3, -0.25) is 4.79 Å². The molecule has 1 saturated heterocycles. The number of carbonyl (C=O) groups excluding carboxylic acids is 1. The van der Waals surface area contributed by atoms with Gasteiger partial charge >= 0.3 is 0 Å². The number of benzene rings is 1. The van der Waals surface area contributed by atoms with Crippen LogP contribution in [0.15, 0.2) is 24.3 Å². The Morgan fingerprint density at radius 1 is 1.24 bits per heavy atom. The average Bonchev–Trinajstić information content (AvgIpc) is 2.54. The zero-order valence-electron chi connectivity index (χ0n) is 12.8. The lowest BCUT2D eigenvalue weighted by atomic mass is 10.0. The minimum atomic E-state index is 0.0890. The molecule has 1 aliphatic rings. The number of carbonyl (C=O) groups is 1. The molecular weight excluding hydrogens is 268 g/mol. The molecule has 1 N–H and O–H groups in total. The predicted octanol–water partition coefficient (Wildman–Crippen LogP) is 1.42. The molecule has 0 atom stereocenters. The van der Waals surface area contributed by atoms with Crippen LogP contribution < -0.4 is 10.1 Å². The Labute approximate surface area is 126 Å². The van der Waals surface area contributed by atoms with Gasteiger partial charge in [-0.05, 0) is 30.5 Å². The van der Waals surface area contributed by atoms with E-state index in [1.165, 1.54) is 5.56 Å². The second-order valence-electron chi connectivity index (χ2n) is 5.32. The molecule has 5 nitrogen and oxygen atoms in total. The lowest BCUT2D eigenvalue weighted by Gasteiger charge is -2.32. The number of methoxy groups -OCH3 is 2. The fourth-order valence-electron chi connectivity index (χ4n) is 2.55. The molecule has 0 bridgehead atoms. The summed E-state index contributed by atoms with van der Waals surface area (Å²) in [5.41, 5.74) is 1.24. The summed E-state index contributed by atoms with van der Waals surface area (Å²) < 4.78 is 10.0. The molecule has 21 heavy (non-hydrogen) atoms. The molecule has 1 aromatic rings. The number of likely N-dealkylation sites (tertiary alicyclic amines) is 1. The van der Waals surface area contributed by atoms with Crippen LogP contribution in [-0.2, 0) is 16.1 Å². The number of piperidine rings is 1. The third-order valence-corrected chi connectivity index (χ3v) is 3.87. The number of ether oxygens (including phenoxy) is 2. The summed E-state index contributed by atoms with van der Waals surface area (Å²) in [6.07, 6.45) is 1.98. The van der Waals surface area contributed by atoms with Crippen LogP contribution in [0.3, 0.4) is 0 Å². The maximum Gasteiger partial charge on any atom is 0.248 e. The van der Waals surface area contributed by atoms with E-state index in [1.54, 1.807) is 14.2 Å². The van der Waals surface area contributed by atoms with Crippen molar-refractivity contribution in [3.63, 3.8) is 0 Å². The van der Waals surface area contributed by atoms with Crippen molar-refractivity contribution in [3.8, 4) is 5.75 Å². The van der Waals surface area contributed by atoms with E-state index in [0.717, 1.165) is 38.2 Å². The number of nitrogens with zero attached hydrogens (tertiary/aromatic N) is 1. The number of amides is 1. The first-order valence-corrected chi connectivity index (χ1v) is 7.36. The van der Waals surface area contributed by atoms with E-state index in [1.807, 2.05) is 17.0 Å². The highest BCUT2D eigenvalue weighted by Crippen LogP contribution is 2.14. The van der Waals surface area contributed by atoms with Crippen molar-refractivity contribution in [1.29, 1.82) is 0 Å². The van der Waals surface area contributed by atoms with Crippen molar-refractivity contribution in [3.05, 3.63) is 29.8 Å². The van der Waals surface area contributed by atoms with Gasteiger partial charge in [0, 0.05) is 32.8 Å². The van der Waals surface area contributed by atoms with Crippen LogP contribution in [0.1, 0.15) is 18.4 Å². The molecule has 0 aliphatic carbocycles. The minimum absolute atomic E-state index is 0.0890. The topological polar surface area (TPSA) is 50.8 Å². The summed E-state index contributed by atoms with van der Waals surface area (Å²) in [4.78, 5) is 13.6. The molecule has 0 unspecified atom stereocenters. The summed E-state index contributed by atoms with van der Waals surface area (Å²) in [7, 11) is 3.23. The van der Waals surface area contributed by atoms with Gasteiger partial charge in [0.25, 0.3) is 0 Å². The fourth-order valence-corrected chi connectivity index (χ4v) is 2.55. The minimum Gasteiger partial charge on any atom is -0.497 e. The molecule has 1 heterocycles. The van der Waals surface area contributed by atoms with Gasteiger partial charge in [0.05, 0.1) is 7.11 Å². The van der Waals surface area contributed by atoms with Crippen molar-refractivity contribution in [2.75, 3.05) is 33.9 Å². The van der Waals surface area contributed by atoms with Crippen LogP contribution >= 0.6 is 0 Å². The maximum atomic E-state index is 11.7. The standard InChI is InChI=1S/C16H24N2O3/c1-20-12-16(19)18-9-7-14(8-10-18)17-11-13-3-5-15(21-2)6-4-13/h3-6,14,17H,7-12H2,1-2H3. The van der Waals surface area contributed by atoms with Crippen molar-refractivity contribution in [2.24, 2.45) is 0 Å². The van der Waals surface area contributed by atoms with Crippen LogP contribution in [0.5, 0.6) is 5.75 Å². The van der Waals surface area contributed by atoms with Crippen LogP contribution in [0, 0.1) is 0 Å². The molecule has 1 aromatic carbocycles. The normalized spacial score (nSPS) is 16.0. The number of hydrogen-bond acceptors (Lipinski definition) is 4. The molecule has 5 heteroatoms. The third-order valence-electron chi connectivity index (χ3n) is 3.87. The van der Waals surface area contributed by atoms with Gasteiger partial charge < -0.3 is 19.7 Å². The SMILES string of the molecule is COCC(=O)N1CCC(NCc2ccc(OC)cc2)CC1. The summed E-state index contributed by atoms with van der Waals surface area (Å²) in [6, 6.07) is 8.57. The maximum absolute atomic E-state index is 11.7. The van der Waals surface area contributed by atoms with Crippen LogP contribution in [0.25, 0.3) is 0 Å². The van der Waals surface area contributed by atoms with E-state index in [9.17, 15) is 4.79 Å². The molecule has 0 spiro atoms. The van der Waals surface area contributed by atoms with E-state index in [2.05, 4.69) is 17.4 Å². The van der Waals surface area contributed by atoms with E-state index in [0.29, 0.717) is 6.04 Å². The highest BCUT2D eigenvalue weighted by molar-refractivity contribution is 5.77. The molecule has 2 rings (SSSR count). The van der Waals surface area contributed by atoms with Gasteiger partial charge in [-0.25, -0.2) is 0 Å². The summed E-state index contributed by atoms with van der Waals surface area (Å²) in [5.74, 6) is 0.967. The molecule has 1 aliphatic heterocycles. The predicted molar refractivity (Wildman–Crippen MR) is 81.3 cm³/mol. The molecule has 0 saturated carbocycles. The number of hydrogen-bond donors (Lipinski definition) is 1. The largest absolute Gasteiger partial charge is 0.497 e. The molecular formula is C16H24N2O3. The van der Waals surface area contributed by atoms with E-state index in [-0.39, 0.29) is 12.5 Å². The Morgan fingerprint density at radius 2 is 1.90 bits per heavy atom. The van der Waals surface area contributed by atoms with Crippen LogP contribution in [0.2, 0.25) is 0 Å². The lowest BCUT2D eigenvalue weighted by Crippen LogP contribution is -2.45. The zero-order chi connectivity index (χ0) is 15.1. The van der Waals surface area contributed by atoms with E-state index < -0.39 is 0 Å². The summed E-state index contributed by atoms with van der Waals surface area (Å²) in [5, 5.41) is 3.56. The Kier molecular flexibility index (Phi) is 6.02. The van der Waals surface area contributed by atoms with E-state index in [4.69, 9.17) is 9.47 Å². The second-order valence-corrected chi connectivity index (χ2v) is 5.32. The summed E-state index contributed by atoms with van der Waals surface area (Å²) >= 11 is 0. The second kappa shape index (κ2) is 8.00. The smallest absolute Gasteiger partial charge is 0.248 e. The van der Waals surface area contributed by atoms with Gasteiger partial charge in [-0.2, -0.15) is 0 Å². The first-order chi connectivity index (χ1) is 10.2. The quantitative estimate of drug-likeness (QED) is 0.861. The first kappa shape index (κ1) is 15.8. The number of nitrogens with one attached hydrogen (secondary N) is 1. The van der Waals surface area contributed by atoms with E-state index >= 15 is 0 Å². The highest BCUT2D eigenvalue weighted by atomic mass is 16.5. The van der Waals surface area contributed by atoms with Crippen molar-refractivity contribution >= 4 is 5.91 Å². The van der Waals surface area contributed by atoms with Gasteiger partial charge in [0.15, 0.2) is 0 Å². The molecule has 116 valence electrons. The Bertz CT molecular complexity index is 439. The lowest BCUT2D eigenvalue weighted by molar-refractivity contribution is -0.136. The molecule has 1 fully saturated rings.